The van der Waals surface area contributed by atoms with Crippen LogP contribution in [0.25, 0.3) is 0 Å². The van der Waals surface area contributed by atoms with Crippen LogP contribution in [0.2, 0.25) is 0 Å². The first-order valence-electron chi connectivity index (χ1n) is 9.73. The van der Waals surface area contributed by atoms with Gasteiger partial charge in [-0.05, 0) is 48.3 Å². The summed E-state index contributed by atoms with van der Waals surface area (Å²) in [6.07, 6.45) is 7.68. The van der Waals surface area contributed by atoms with E-state index in [2.05, 4.69) is 22.0 Å². The Morgan fingerprint density at radius 2 is 1.62 bits per heavy atom. The van der Waals surface area contributed by atoms with E-state index < -0.39 is 0 Å². The average Bonchev–Trinajstić information content (AvgIpc) is 3.27. The van der Waals surface area contributed by atoms with E-state index in [1.807, 2.05) is 12.1 Å². The van der Waals surface area contributed by atoms with Crippen LogP contribution in [-0.2, 0) is 6.54 Å². The number of hydrogen-bond donors (Lipinski definition) is 1. The van der Waals surface area contributed by atoms with Crippen molar-refractivity contribution < 1.29 is 14.6 Å². The number of rotatable bonds is 6. The van der Waals surface area contributed by atoms with Crippen molar-refractivity contribution in [1.82, 2.24) is 9.80 Å². The minimum atomic E-state index is 0.0727. The van der Waals surface area contributed by atoms with Crippen LogP contribution in [0.3, 0.4) is 0 Å². The molecule has 0 radical (unpaired) electrons. The first-order chi connectivity index (χ1) is 12.7. The first kappa shape index (κ1) is 17.7. The van der Waals surface area contributed by atoms with Gasteiger partial charge in [0, 0.05) is 39.3 Å². The van der Waals surface area contributed by atoms with Crippen molar-refractivity contribution in [3.63, 3.8) is 0 Å². The highest BCUT2D eigenvalue weighted by Crippen LogP contribution is 2.43. The van der Waals surface area contributed by atoms with Crippen LogP contribution in [0.4, 0.5) is 0 Å². The summed E-state index contributed by atoms with van der Waals surface area (Å²) in [7, 11) is 3.14. The number of methoxy groups -OCH3 is 2. The van der Waals surface area contributed by atoms with Gasteiger partial charge >= 0.3 is 0 Å². The van der Waals surface area contributed by atoms with Gasteiger partial charge in [-0.3, -0.25) is 4.90 Å². The molecule has 1 saturated carbocycles. The van der Waals surface area contributed by atoms with Crippen LogP contribution >= 0.6 is 0 Å². The smallest absolute Gasteiger partial charge is 0.200 e. The van der Waals surface area contributed by atoms with Gasteiger partial charge in [0.2, 0.25) is 5.75 Å². The number of hydrogen-bond acceptors (Lipinski definition) is 5. The fourth-order valence-corrected chi connectivity index (χ4v) is 4.86. The molecule has 142 valence electrons. The minimum Gasteiger partial charge on any atom is -0.502 e. The Bertz CT molecular complexity index is 642. The summed E-state index contributed by atoms with van der Waals surface area (Å²) in [5, 5.41) is 10.1. The zero-order valence-corrected chi connectivity index (χ0v) is 15.9. The third-order valence-corrected chi connectivity index (χ3v) is 6.32. The number of aromatic hydroxyl groups is 1. The van der Waals surface area contributed by atoms with Crippen LogP contribution in [0.15, 0.2) is 24.3 Å². The highest BCUT2D eigenvalue weighted by atomic mass is 16.5. The molecule has 2 fully saturated rings. The van der Waals surface area contributed by atoms with E-state index in [1.165, 1.54) is 19.4 Å². The second-order valence-electron chi connectivity index (χ2n) is 7.97. The van der Waals surface area contributed by atoms with E-state index in [1.54, 1.807) is 14.2 Å². The normalized spacial score (nSPS) is 28.6. The SMILES string of the molecule is COc1cc(CN2CCN(C[C@@H]3C[C@H]4C=C[C@@H]3C4)CC2)cc(OC)c1O. The van der Waals surface area contributed by atoms with Crippen molar-refractivity contribution in [1.29, 1.82) is 0 Å². The van der Waals surface area contributed by atoms with Gasteiger partial charge in [0.05, 0.1) is 14.2 Å². The molecule has 2 bridgehead atoms. The van der Waals surface area contributed by atoms with Gasteiger partial charge in [0.1, 0.15) is 0 Å². The lowest BCUT2D eigenvalue weighted by Crippen LogP contribution is -2.47. The number of phenols is 1. The standard InChI is InChI=1S/C21H30N2O3/c1-25-19-11-16(12-20(26-2)21(19)24)13-22-5-7-23(8-6-22)14-18-10-15-3-4-17(18)9-15/h3-4,11-12,15,17-18,24H,5-10,13-14H2,1-2H3/t15-,17+,18-/m0/s1. The summed E-state index contributed by atoms with van der Waals surface area (Å²) in [4.78, 5) is 5.12. The Morgan fingerprint density at radius 1 is 0.962 bits per heavy atom. The minimum absolute atomic E-state index is 0.0727. The van der Waals surface area contributed by atoms with Gasteiger partial charge in [-0.2, -0.15) is 0 Å². The van der Waals surface area contributed by atoms with Crippen LogP contribution in [0.5, 0.6) is 17.2 Å². The quantitative estimate of drug-likeness (QED) is 0.792. The molecule has 1 aromatic rings. The maximum atomic E-state index is 10.1. The predicted molar refractivity (Wildman–Crippen MR) is 102 cm³/mol. The molecule has 1 heterocycles. The number of phenolic OH excluding ortho intramolecular Hbond substituents is 1. The number of fused-ring (bicyclic) bond motifs is 2. The molecule has 1 aliphatic heterocycles. The summed E-state index contributed by atoms with van der Waals surface area (Å²) >= 11 is 0. The van der Waals surface area contributed by atoms with Crippen molar-refractivity contribution in [3.8, 4) is 17.2 Å². The zero-order chi connectivity index (χ0) is 18.1. The Morgan fingerprint density at radius 3 is 2.15 bits per heavy atom. The van der Waals surface area contributed by atoms with Crippen molar-refractivity contribution in [2.45, 2.75) is 19.4 Å². The molecule has 5 nitrogen and oxygen atoms in total. The monoisotopic (exact) mass is 358 g/mol. The van der Waals surface area contributed by atoms with Crippen molar-refractivity contribution in [3.05, 3.63) is 29.8 Å². The maximum Gasteiger partial charge on any atom is 0.200 e. The molecule has 5 heteroatoms. The molecule has 1 aromatic carbocycles. The molecule has 0 aromatic heterocycles. The van der Waals surface area contributed by atoms with Gasteiger partial charge in [0.25, 0.3) is 0 Å². The lowest BCUT2D eigenvalue weighted by Gasteiger charge is -2.37. The van der Waals surface area contributed by atoms with Crippen molar-refractivity contribution >= 4 is 0 Å². The van der Waals surface area contributed by atoms with Gasteiger partial charge in [0.15, 0.2) is 11.5 Å². The Kier molecular flexibility index (Phi) is 5.09. The molecule has 0 unspecified atom stereocenters. The van der Waals surface area contributed by atoms with Gasteiger partial charge < -0.3 is 19.5 Å². The molecular weight excluding hydrogens is 328 g/mol. The van der Waals surface area contributed by atoms with Crippen molar-refractivity contribution in [2.24, 2.45) is 17.8 Å². The molecule has 3 aliphatic rings. The lowest BCUT2D eigenvalue weighted by atomic mass is 9.93. The topological polar surface area (TPSA) is 45.2 Å². The summed E-state index contributed by atoms with van der Waals surface area (Å²) in [5.74, 6) is 3.61. The second-order valence-corrected chi connectivity index (χ2v) is 7.97. The summed E-state index contributed by atoms with van der Waals surface area (Å²) in [6, 6.07) is 3.82. The van der Waals surface area contributed by atoms with Crippen LogP contribution in [0.1, 0.15) is 18.4 Å². The van der Waals surface area contributed by atoms with Gasteiger partial charge in [-0.1, -0.05) is 12.2 Å². The molecular formula is C21H30N2O3. The number of piperazine rings is 1. The molecule has 0 amide bonds. The zero-order valence-electron chi connectivity index (χ0n) is 15.9. The third-order valence-electron chi connectivity index (χ3n) is 6.32. The van der Waals surface area contributed by atoms with E-state index in [0.717, 1.165) is 56.0 Å². The molecule has 4 rings (SSSR count). The van der Waals surface area contributed by atoms with E-state index in [0.29, 0.717) is 11.5 Å². The fourth-order valence-electron chi connectivity index (χ4n) is 4.86. The molecule has 1 saturated heterocycles. The Labute approximate surface area is 156 Å². The molecule has 0 spiro atoms. The molecule has 1 N–H and O–H groups in total. The largest absolute Gasteiger partial charge is 0.502 e. The molecule has 26 heavy (non-hydrogen) atoms. The highest BCUT2D eigenvalue weighted by Gasteiger charge is 2.36. The molecule has 2 aliphatic carbocycles. The van der Waals surface area contributed by atoms with Gasteiger partial charge in [-0.25, -0.2) is 0 Å². The second kappa shape index (κ2) is 7.49. The van der Waals surface area contributed by atoms with Crippen LogP contribution < -0.4 is 9.47 Å². The number of allylic oxidation sites excluding steroid dienone is 2. The van der Waals surface area contributed by atoms with E-state index in [9.17, 15) is 5.11 Å². The van der Waals surface area contributed by atoms with E-state index in [-0.39, 0.29) is 5.75 Å². The summed E-state index contributed by atoms with van der Waals surface area (Å²) in [5.41, 5.74) is 1.11. The van der Waals surface area contributed by atoms with Gasteiger partial charge in [-0.15, -0.1) is 0 Å². The number of nitrogens with zero attached hydrogens (tertiary/aromatic N) is 2. The maximum absolute atomic E-state index is 10.1. The van der Waals surface area contributed by atoms with Crippen LogP contribution in [-0.4, -0.2) is 61.8 Å². The number of benzene rings is 1. The van der Waals surface area contributed by atoms with Crippen molar-refractivity contribution in [2.75, 3.05) is 46.9 Å². The predicted octanol–water partition coefficient (Wildman–Crippen LogP) is 2.74. The molecule has 3 atom stereocenters. The van der Waals surface area contributed by atoms with Crippen LogP contribution in [0, 0.1) is 17.8 Å². The average molecular weight is 358 g/mol. The Hall–Kier alpha value is -1.72. The lowest BCUT2D eigenvalue weighted by molar-refractivity contribution is 0.108. The van der Waals surface area contributed by atoms with E-state index in [4.69, 9.17) is 9.47 Å². The summed E-state index contributed by atoms with van der Waals surface area (Å²) < 4.78 is 10.5. The number of ether oxygens (including phenoxy) is 2. The third kappa shape index (κ3) is 3.55. The Balaban J connectivity index is 1.30. The van der Waals surface area contributed by atoms with E-state index >= 15 is 0 Å². The highest BCUT2D eigenvalue weighted by molar-refractivity contribution is 5.52. The summed E-state index contributed by atoms with van der Waals surface area (Å²) in [6.45, 7) is 6.58. The first-order valence-corrected chi connectivity index (χ1v) is 9.73. The fraction of sp³-hybridized carbons (Fsp3) is 0.619.